The van der Waals surface area contributed by atoms with Crippen LogP contribution in [0.4, 0.5) is 0 Å². The molecule has 1 aliphatic heterocycles. The van der Waals surface area contributed by atoms with E-state index in [1.165, 1.54) is 39.5 Å². The maximum atomic E-state index is 12.8. The van der Waals surface area contributed by atoms with E-state index in [2.05, 4.69) is 15.9 Å². The first-order valence-electron chi connectivity index (χ1n) is 7.94. The predicted octanol–water partition coefficient (Wildman–Crippen LogP) is 3.61. The van der Waals surface area contributed by atoms with Crippen molar-refractivity contribution in [3.63, 3.8) is 0 Å². The van der Waals surface area contributed by atoms with Gasteiger partial charge in [0.25, 0.3) is 5.91 Å². The number of amides is 1. The maximum absolute atomic E-state index is 12.8. The van der Waals surface area contributed by atoms with E-state index in [1.807, 2.05) is 0 Å². The first-order valence-corrected chi connectivity index (χ1v) is 10.9. The Hall–Kier alpha value is -1.32. The molecule has 1 heterocycles. The fourth-order valence-electron chi connectivity index (χ4n) is 2.80. The molecule has 2 aromatic rings. The zero-order valence-electron chi connectivity index (χ0n) is 13.9. The molecule has 6 nitrogen and oxygen atoms in total. The van der Waals surface area contributed by atoms with Crippen LogP contribution < -0.4 is 0 Å². The SMILES string of the molecule is O=C(c1cc(Br)ccc1O)N1CCN(S(=O)(=O)c2cccc(Cl)c2Cl)CC1. The molecule has 0 unspecified atom stereocenters. The van der Waals surface area contributed by atoms with Crippen LogP contribution in [-0.2, 0) is 10.0 Å². The van der Waals surface area contributed by atoms with Gasteiger partial charge in [0.15, 0.2) is 0 Å². The highest BCUT2D eigenvalue weighted by atomic mass is 79.9. The van der Waals surface area contributed by atoms with Gasteiger partial charge in [0.05, 0.1) is 15.6 Å². The summed E-state index contributed by atoms with van der Waals surface area (Å²) < 4.78 is 27.6. The van der Waals surface area contributed by atoms with Crippen molar-refractivity contribution in [2.45, 2.75) is 4.90 Å². The summed E-state index contributed by atoms with van der Waals surface area (Å²) in [6.07, 6.45) is 0. The van der Waals surface area contributed by atoms with Crippen LogP contribution in [0, 0.1) is 0 Å². The Balaban J connectivity index is 1.76. The summed E-state index contributed by atoms with van der Waals surface area (Å²) >= 11 is 15.2. The first kappa shape index (κ1) is 20.4. The molecule has 0 aromatic heterocycles. The van der Waals surface area contributed by atoms with Crippen LogP contribution in [-0.4, -0.2) is 54.8 Å². The van der Waals surface area contributed by atoms with Crippen LogP contribution in [0.15, 0.2) is 45.8 Å². The molecule has 144 valence electrons. The topological polar surface area (TPSA) is 77.9 Å². The lowest BCUT2D eigenvalue weighted by atomic mass is 10.1. The third-order valence-electron chi connectivity index (χ3n) is 4.25. The molecule has 1 aliphatic rings. The summed E-state index contributed by atoms with van der Waals surface area (Å²) in [5.41, 5.74) is 0.165. The summed E-state index contributed by atoms with van der Waals surface area (Å²) in [6, 6.07) is 9.04. The van der Waals surface area contributed by atoms with Crippen molar-refractivity contribution in [3.8, 4) is 5.75 Å². The first-order chi connectivity index (χ1) is 12.7. The van der Waals surface area contributed by atoms with Crippen LogP contribution in [0.1, 0.15) is 10.4 Å². The highest BCUT2D eigenvalue weighted by Gasteiger charge is 2.32. The van der Waals surface area contributed by atoms with E-state index in [1.54, 1.807) is 6.07 Å². The van der Waals surface area contributed by atoms with Gasteiger partial charge < -0.3 is 10.0 Å². The Kier molecular flexibility index (Phi) is 6.02. The molecule has 1 saturated heterocycles. The number of piperazine rings is 1. The molecular formula is C17H15BrCl2N2O4S. The maximum Gasteiger partial charge on any atom is 0.257 e. The van der Waals surface area contributed by atoms with Gasteiger partial charge in [-0.3, -0.25) is 4.79 Å². The summed E-state index contributed by atoms with van der Waals surface area (Å²) in [5, 5.41) is 10.1. The minimum absolute atomic E-state index is 0.0169. The summed E-state index contributed by atoms with van der Waals surface area (Å²) in [6.45, 7) is 0.627. The molecule has 0 spiro atoms. The third-order valence-corrected chi connectivity index (χ3v) is 7.61. The lowest BCUT2D eigenvalue weighted by Gasteiger charge is -2.34. The quantitative estimate of drug-likeness (QED) is 0.708. The Morgan fingerprint density at radius 1 is 1.07 bits per heavy atom. The fourth-order valence-corrected chi connectivity index (χ4v) is 5.32. The van der Waals surface area contributed by atoms with Crippen LogP contribution in [0.2, 0.25) is 10.0 Å². The number of benzene rings is 2. The second kappa shape index (κ2) is 7.97. The van der Waals surface area contributed by atoms with E-state index in [9.17, 15) is 18.3 Å². The molecule has 0 aliphatic carbocycles. The van der Waals surface area contributed by atoms with Crippen molar-refractivity contribution < 1.29 is 18.3 Å². The van der Waals surface area contributed by atoms with Crippen molar-refractivity contribution >= 4 is 55.1 Å². The van der Waals surface area contributed by atoms with Gasteiger partial charge in [0.2, 0.25) is 10.0 Å². The molecule has 3 rings (SSSR count). The standard InChI is InChI=1S/C17H15BrCl2N2O4S/c18-11-4-5-14(23)12(10-11)17(24)21-6-8-22(9-7-21)27(25,26)15-3-1-2-13(19)16(15)20/h1-5,10,23H,6-9H2. The number of phenolic OH excluding ortho intramolecular Hbond substituents is 1. The van der Waals surface area contributed by atoms with Gasteiger partial charge in [0.1, 0.15) is 10.6 Å². The van der Waals surface area contributed by atoms with Crippen molar-refractivity contribution in [2.75, 3.05) is 26.2 Å². The van der Waals surface area contributed by atoms with Gasteiger partial charge in [-0.15, -0.1) is 0 Å². The fraction of sp³-hybridized carbons (Fsp3) is 0.235. The molecule has 1 amide bonds. The smallest absolute Gasteiger partial charge is 0.257 e. The molecule has 27 heavy (non-hydrogen) atoms. The molecule has 1 fully saturated rings. The largest absolute Gasteiger partial charge is 0.507 e. The second-order valence-electron chi connectivity index (χ2n) is 5.91. The number of carbonyl (C=O) groups is 1. The van der Waals surface area contributed by atoms with Crippen molar-refractivity contribution in [1.29, 1.82) is 0 Å². The lowest BCUT2D eigenvalue weighted by molar-refractivity contribution is 0.0695. The van der Waals surface area contributed by atoms with Crippen molar-refractivity contribution in [3.05, 3.63) is 56.5 Å². The van der Waals surface area contributed by atoms with Gasteiger partial charge in [-0.1, -0.05) is 45.2 Å². The summed E-state index contributed by atoms with van der Waals surface area (Å²) in [4.78, 5) is 14.1. The van der Waals surface area contributed by atoms with E-state index in [0.717, 1.165) is 0 Å². The molecule has 1 N–H and O–H groups in total. The van der Waals surface area contributed by atoms with Gasteiger partial charge in [-0.2, -0.15) is 4.31 Å². The molecule has 0 radical (unpaired) electrons. The van der Waals surface area contributed by atoms with Crippen molar-refractivity contribution in [1.82, 2.24) is 9.21 Å². The lowest BCUT2D eigenvalue weighted by Crippen LogP contribution is -2.50. The van der Waals surface area contributed by atoms with Crippen LogP contribution in [0.25, 0.3) is 0 Å². The average Bonchev–Trinajstić information content (AvgIpc) is 2.65. The summed E-state index contributed by atoms with van der Waals surface area (Å²) in [7, 11) is -3.82. The Morgan fingerprint density at radius 2 is 1.74 bits per heavy atom. The monoisotopic (exact) mass is 492 g/mol. The van der Waals surface area contributed by atoms with Gasteiger partial charge in [0, 0.05) is 30.7 Å². The van der Waals surface area contributed by atoms with Crippen LogP contribution in [0.3, 0.4) is 0 Å². The molecular weight excluding hydrogens is 479 g/mol. The Morgan fingerprint density at radius 3 is 2.41 bits per heavy atom. The molecule has 0 bridgehead atoms. The number of hydrogen-bond donors (Lipinski definition) is 1. The van der Waals surface area contributed by atoms with Crippen LogP contribution in [0.5, 0.6) is 5.75 Å². The Bertz CT molecular complexity index is 992. The molecule has 10 heteroatoms. The number of halogens is 3. The van der Waals surface area contributed by atoms with Gasteiger partial charge in [-0.05, 0) is 30.3 Å². The highest BCUT2D eigenvalue weighted by molar-refractivity contribution is 9.10. The number of phenols is 1. The van der Waals surface area contributed by atoms with Gasteiger partial charge >= 0.3 is 0 Å². The number of rotatable bonds is 3. The van der Waals surface area contributed by atoms with Crippen molar-refractivity contribution in [2.24, 2.45) is 0 Å². The summed E-state index contributed by atoms with van der Waals surface area (Å²) in [5.74, 6) is -0.476. The normalized spacial score (nSPS) is 15.7. The van der Waals surface area contributed by atoms with Gasteiger partial charge in [-0.25, -0.2) is 8.42 Å². The van der Waals surface area contributed by atoms with E-state index in [-0.39, 0.29) is 58.3 Å². The number of nitrogens with zero attached hydrogens (tertiary/aromatic N) is 2. The number of hydrogen-bond acceptors (Lipinski definition) is 4. The van der Waals surface area contributed by atoms with E-state index < -0.39 is 10.0 Å². The molecule has 0 atom stereocenters. The predicted molar refractivity (Wildman–Crippen MR) is 107 cm³/mol. The average molecular weight is 494 g/mol. The van der Waals surface area contributed by atoms with E-state index in [4.69, 9.17) is 23.2 Å². The van der Waals surface area contributed by atoms with Crippen LogP contribution >= 0.6 is 39.1 Å². The highest BCUT2D eigenvalue weighted by Crippen LogP contribution is 2.31. The molecule has 0 saturated carbocycles. The minimum Gasteiger partial charge on any atom is -0.507 e. The second-order valence-corrected chi connectivity index (χ2v) is 9.52. The zero-order valence-corrected chi connectivity index (χ0v) is 17.8. The minimum atomic E-state index is -3.82. The molecule has 2 aromatic carbocycles. The third kappa shape index (κ3) is 4.09. The van der Waals surface area contributed by atoms with E-state index >= 15 is 0 Å². The zero-order chi connectivity index (χ0) is 19.8. The Labute approximate surface area is 175 Å². The number of sulfonamides is 1. The van der Waals surface area contributed by atoms with E-state index in [0.29, 0.717) is 4.47 Å². The number of aromatic hydroxyl groups is 1. The number of carbonyl (C=O) groups excluding carboxylic acids is 1.